The van der Waals surface area contributed by atoms with E-state index in [1.165, 1.54) is 0 Å². The van der Waals surface area contributed by atoms with Gasteiger partial charge in [-0.05, 0) is 41.0 Å². The molecule has 1 nitrogen and oxygen atoms in total. The van der Waals surface area contributed by atoms with Gasteiger partial charge >= 0.3 is 6.18 Å². The second-order valence-electron chi connectivity index (χ2n) is 4.08. The quantitative estimate of drug-likeness (QED) is 0.601. The van der Waals surface area contributed by atoms with Gasteiger partial charge in [0.05, 0.1) is 10.9 Å². The highest BCUT2D eigenvalue weighted by Gasteiger charge is 2.35. The molecule has 0 saturated heterocycles. The van der Waals surface area contributed by atoms with Crippen LogP contribution in [0, 0.1) is 11.6 Å². The summed E-state index contributed by atoms with van der Waals surface area (Å²) >= 11 is 2.85. The first-order valence-electron chi connectivity index (χ1n) is 5.69. The highest BCUT2D eigenvalue weighted by atomic mass is 79.9. The van der Waals surface area contributed by atoms with Crippen molar-refractivity contribution in [1.29, 1.82) is 0 Å². The van der Waals surface area contributed by atoms with Crippen molar-refractivity contribution in [2.75, 3.05) is 6.54 Å². The van der Waals surface area contributed by atoms with Gasteiger partial charge in [0.15, 0.2) is 0 Å². The Bertz CT molecular complexity index is 433. The standard InChI is InChI=1S/C12H13BrF5N/c1-2-5-19-9(6-12(16,17)18)10-8(14)4-3-7(13)11(10)15/h3-4,9,19H,2,5-6H2,1H3. The van der Waals surface area contributed by atoms with Gasteiger partial charge in [0.1, 0.15) is 11.6 Å². The highest BCUT2D eigenvalue weighted by Crippen LogP contribution is 2.34. The fourth-order valence-electron chi connectivity index (χ4n) is 1.69. The molecular formula is C12H13BrF5N. The Morgan fingerprint density at radius 1 is 1.26 bits per heavy atom. The number of alkyl halides is 3. The highest BCUT2D eigenvalue weighted by molar-refractivity contribution is 9.10. The number of halogens is 6. The van der Waals surface area contributed by atoms with E-state index in [2.05, 4.69) is 21.2 Å². The normalized spacial score (nSPS) is 13.6. The number of benzene rings is 1. The van der Waals surface area contributed by atoms with Crippen LogP contribution in [0.5, 0.6) is 0 Å². The molecule has 0 heterocycles. The fraction of sp³-hybridized carbons (Fsp3) is 0.500. The van der Waals surface area contributed by atoms with Crippen LogP contribution in [-0.4, -0.2) is 12.7 Å². The molecule has 0 bridgehead atoms. The Morgan fingerprint density at radius 3 is 2.42 bits per heavy atom. The van der Waals surface area contributed by atoms with Crippen molar-refractivity contribution >= 4 is 15.9 Å². The van der Waals surface area contributed by atoms with Gasteiger partial charge in [0, 0.05) is 11.6 Å². The third-order valence-electron chi connectivity index (χ3n) is 2.50. The smallest absolute Gasteiger partial charge is 0.309 e. The lowest BCUT2D eigenvalue weighted by atomic mass is 10.0. The first kappa shape index (κ1) is 16.4. The predicted molar refractivity (Wildman–Crippen MR) is 65.8 cm³/mol. The minimum absolute atomic E-state index is 0.0608. The molecule has 7 heteroatoms. The first-order valence-corrected chi connectivity index (χ1v) is 6.49. The largest absolute Gasteiger partial charge is 0.390 e. The van der Waals surface area contributed by atoms with E-state index in [1.54, 1.807) is 6.92 Å². The molecule has 0 spiro atoms. The van der Waals surface area contributed by atoms with Gasteiger partial charge in [-0.3, -0.25) is 0 Å². The molecule has 19 heavy (non-hydrogen) atoms. The van der Waals surface area contributed by atoms with E-state index >= 15 is 0 Å². The molecule has 0 aliphatic carbocycles. The topological polar surface area (TPSA) is 12.0 Å². The summed E-state index contributed by atoms with van der Waals surface area (Å²) in [6.45, 7) is 2.00. The third kappa shape index (κ3) is 4.72. The lowest BCUT2D eigenvalue weighted by Gasteiger charge is -2.22. The van der Waals surface area contributed by atoms with Crippen molar-refractivity contribution in [3.8, 4) is 0 Å². The Kier molecular flexibility index (Phi) is 5.73. The van der Waals surface area contributed by atoms with Crippen LogP contribution in [0.2, 0.25) is 0 Å². The summed E-state index contributed by atoms with van der Waals surface area (Å²) in [6.07, 6.45) is -5.27. The van der Waals surface area contributed by atoms with Gasteiger partial charge in [-0.1, -0.05) is 6.92 Å². The second-order valence-corrected chi connectivity index (χ2v) is 4.94. The maximum Gasteiger partial charge on any atom is 0.390 e. The lowest BCUT2D eigenvalue weighted by molar-refractivity contribution is -0.140. The van der Waals surface area contributed by atoms with Crippen molar-refractivity contribution in [1.82, 2.24) is 5.32 Å². The summed E-state index contributed by atoms with van der Waals surface area (Å²) in [5.74, 6) is -1.99. The number of rotatable bonds is 5. The summed E-state index contributed by atoms with van der Waals surface area (Å²) < 4.78 is 64.8. The average Bonchev–Trinajstić information content (AvgIpc) is 2.29. The van der Waals surface area contributed by atoms with Gasteiger partial charge in [-0.2, -0.15) is 13.2 Å². The molecule has 0 fully saturated rings. The minimum atomic E-state index is -4.51. The predicted octanol–water partition coefficient (Wildman–Crippen LogP) is 4.72. The van der Waals surface area contributed by atoms with Crippen molar-refractivity contribution in [2.45, 2.75) is 32.0 Å². The van der Waals surface area contributed by atoms with Crippen molar-refractivity contribution in [2.24, 2.45) is 0 Å². The van der Waals surface area contributed by atoms with Crippen LogP contribution in [-0.2, 0) is 0 Å². The molecule has 0 aliphatic rings. The van der Waals surface area contributed by atoms with E-state index in [-0.39, 0.29) is 11.0 Å². The van der Waals surface area contributed by atoms with Gasteiger partial charge in [-0.15, -0.1) is 0 Å². The molecule has 108 valence electrons. The zero-order valence-corrected chi connectivity index (χ0v) is 11.7. The molecule has 1 rings (SSSR count). The third-order valence-corrected chi connectivity index (χ3v) is 3.12. The SMILES string of the molecule is CCCNC(CC(F)(F)F)c1c(F)ccc(Br)c1F. The van der Waals surface area contributed by atoms with Crippen molar-refractivity contribution in [3.63, 3.8) is 0 Å². The van der Waals surface area contributed by atoms with E-state index in [9.17, 15) is 22.0 Å². The van der Waals surface area contributed by atoms with Crippen LogP contribution >= 0.6 is 15.9 Å². The van der Waals surface area contributed by atoms with Crippen molar-refractivity contribution in [3.05, 3.63) is 33.8 Å². The molecule has 1 aromatic rings. The Hall–Kier alpha value is -0.690. The van der Waals surface area contributed by atoms with Crippen molar-refractivity contribution < 1.29 is 22.0 Å². The number of hydrogen-bond donors (Lipinski definition) is 1. The maximum atomic E-state index is 13.8. The Balaban J connectivity index is 3.13. The van der Waals surface area contributed by atoms with Crippen LogP contribution < -0.4 is 5.32 Å². The molecule has 1 atom stereocenters. The molecule has 1 aromatic carbocycles. The van der Waals surface area contributed by atoms with E-state index in [4.69, 9.17) is 0 Å². The fourth-order valence-corrected chi connectivity index (χ4v) is 2.03. The summed E-state index contributed by atoms with van der Waals surface area (Å²) in [6, 6.07) is 0.635. The van der Waals surface area contributed by atoms with Gasteiger partial charge in [0.25, 0.3) is 0 Å². The molecule has 0 amide bonds. The van der Waals surface area contributed by atoms with Gasteiger partial charge in [0.2, 0.25) is 0 Å². The van der Waals surface area contributed by atoms with Crippen LogP contribution in [0.3, 0.4) is 0 Å². The zero-order chi connectivity index (χ0) is 14.6. The lowest BCUT2D eigenvalue weighted by Crippen LogP contribution is -2.29. The summed E-state index contributed by atoms with van der Waals surface area (Å²) in [7, 11) is 0. The summed E-state index contributed by atoms with van der Waals surface area (Å²) in [4.78, 5) is 0. The van der Waals surface area contributed by atoms with Gasteiger partial charge < -0.3 is 5.32 Å². The minimum Gasteiger partial charge on any atom is -0.309 e. The van der Waals surface area contributed by atoms with Crippen LogP contribution in [0.15, 0.2) is 16.6 Å². The van der Waals surface area contributed by atoms with E-state index in [1.807, 2.05) is 0 Å². The number of hydrogen-bond acceptors (Lipinski definition) is 1. The summed E-state index contributed by atoms with van der Waals surface area (Å²) in [5, 5.41) is 2.53. The molecule has 0 aliphatic heterocycles. The van der Waals surface area contributed by atoms with Crippen LogP contribution in [0.1, 0.15) is 31.4 Å². The molecule has 0 aromatic heterocycles. The Morgan fingerprint density at radius 2 is 1.89 bits per heavy atom. The van der Waals surface area contributed by atoms with Gasteiger partial charge in [-0.25, -0.2) is 8.78 Å². The summed E-state index contributed by atoms with van der Waals surface area (Å²) in [5.41, 5.74) is -0.583. The number of nitrogens with one attached hydrogen (secondary N) is 1. The van der Waals surface area contributed by atoms with E-state index in [0.717, 1.165) is 12.1 Å². The molecular weight excluding hydrogens is 333 g/mol. The average molecular weight is 346 g/mol. The van der Waals surface area contributed by atoms with E-state index in [0.29, 0.717) is 6.42 Å². The second kappa shape index (κ2) is 6.65. The van der Waals surface area contributed by atoms with Crippen LogP contribution in [0.4, 0.5) is 22.0 Å². The zero-order valence-electron chi connectivity index (χ0n) is 10.1. The molecule has 1 N–H and O–H groups in total. The Labute approximate surface area is 116 Å². The molecule has 1 unspecified atom stereocenters. The van der Waals surface area contributed by atoms with E-state index < -0.39 is 35.8 Å². The van der Waals surface area contributed by atoms with Crippen LogP contribution in [0.25, 0.3) is 0 Å². The molecule has 0 saturated carbocycles. The first-order chi connectivity index (χ1) is 8.76. The monoisotopic (exact) mass is 345 g/mol. The molecule has 0 radical (unpaired) electrons. The maximum absolute atomic E-state index is 13.8.